The van der Waals surface area contributed by atoms with Gasteiger partial charge in [-0.25, -0.2) is 0 Å². The molecule has 1 aromatic carbocycles. The normalized spacial score (nSPS) is 16.2. The summed E-state index contributed by atoms with van der Waals surface area (Å²) in [6.45, 7) is 0. The highest BCUT2D eigenvalue weighted by Crippen LogP contribution is 2.31. The van der Waals surface area contributed by atoms with E-state index < -0.39 is 0 Å². The Morgan fingerprint density at radius 1 is 1.42 bits per heavy atom. The van der Waals surface area contributed by atoms with E-state index in [1.54, 1.807) is 4.90 Å². The summed E-state index contributed by atoms with van der Waals surface area (Å²) in [6.07, 6.45) is 1.83. The minimum Gasteiger partial charge on any atom is -0.315 e. The number of hydrogen-bond donors (Lipinski definition) is 0. The number of benzene rings is 1. The number of fused-ring (bicyclic) bond motifs is 1. The van der Waals surface area contributed by atoms with Gasteiger partial charge in [-0.2, -0.15) is 5.26 Å². The fourth-order valence-corrected chi connectivity index (χ4v) is 2.57. The van der Waals surface area contributed by atoms with Crippen molar-refractivity contribution in [2.75, 3.05) is 26.0 Å². The Labute approximate surface area is 114 Å². The van der Waals surface area contributed by atoms with Crippen molar-refractivity contribution >= 4 is 11.6 Å². The maximum absolute atomic E-state index is 11.7. The largest absolute Gasteiger partial charge is 0.315 e. The summed E-state index contributed by atoms with van der Waals surface area (Å²) in [6, 6.07) is 8.51. The zero-order chi connectivity index (χ0) is 14.0. The number of rotatable bonds is 3. The summed E-state index contributed by atoms with van der Waals surface area (Å²) < 4.78 is 0. The smallest absolute Gasteiger partial charge is 0.227 e. The van der Waals surface area contributed by atoms with E-state index in [0.717, 1.165) is 17.7 Å². The lowest BCUT2D eigenvalue weighted by molar-refractivity contribution is -0.118. The fraction of sp³-hybridized carbons (Fsp3) is 0.467. The molecule has 1 atom stereocenters. The van der Waals surface area contributed by atoms with Crippen LogP contribution < -0.4 is 4.90 Å². The molecule has 1 unspecified atom stereocenters. The molecule has 1 heterocycles. The second kappa shape index (κ2) is 5.41. The molecule has 0 bridgehead atoms. The first-order valence-electron chi connectivity index (χ1n) is 6.47. The van der Waals surface area contributed by atoms with Gasteiger partial charge in [-0.1, -0.05) is 12.1 Å². The van der Waals surface area contributed by atoms with Crippen LogP contribution in [0.3, 0.4) is 0 Å². The number of hydrogen-bond acceptors (Lipinski definition) is 3. The lowest BCUT2D eigenvalue weighted by Crippen LogP contribution is -2.31. The highest BCUT2D eigenvalue weighted by Gasteiger charge is 2.22. The van der Waals surface area contributed by atoms with Gasteiger partial charge < -0.3 is 9.80 Å². The maximum Gasteiger partial charge on any atom is 0.227 e. The second-order valence-electron chi connectivity index (χ2n) is 5.18. The molecule has 0 saturated heterocycles. The molecule has 0 aromatic heterocycles. The molecular weight excluding hydrogens is 238 g/mol. The van der Waals surface area contributed by atoms with Crippen LogP contribution >= 0.6 is 0 Å². The van der Waals surface area contributed by atoms with Crippen LogP contribution in [0.15, 0.2) is 18.2 Å². The first-order chi connectivity index (χ1) is 9.04. The summed E-state index contributed by atoms with van der Waals surface area (Å²) >= 11 is 0. The van der Waals surface area contributed by atoms with Crippen molar-refractivity contribution in [3.63, 3.8) is 0 Å². The maximum atomic E-state index is 11.7. The van der Waals surface area contributed by atoms with E-state index in [9.17, 15) is 4.79 Å². The number of carbonyl (C=O) groups excluding carboxylic acids is 1. The van der Waals surface area contributed by atoms with Crippen molar-refractivity contribution in [3.8, 4) is 6.07 Å². The third-order valence-corrected chi connectivity index (χ3v) is 3.74. The van der Waals surface area contributed by atoms with Crippen LogP contribution in [0.1, 0.15) is 30.0 Å². The second-order valence-corrected chi connectivity index (χ2v) is 5.18. The van der Waals surface area contributed by atoms with Crippen LogP contribution in [-0.2, 0) is 11.2 Å². The average Bonchev–Trinajstić information content (AvgIpc) is 2.39. The van der Waals surface area contributed by atoms with Gasteiger partial charge in [-0.3, -0.25) is 4.79 Å². The Morgan fingerprint density at radius 2 is 2.16 bits per heavy atom. The molecule has 0 fully saturated rings. The number of amides is 1. The van der Waals surface area contributed by atoms with Crippen LogP contribution in [0.4, 0.5) is 5.69 Å². The first kappa shape index (κ1) is 13.6. The summed E-state index contributed by atoms with van der Waals surface area (Å²) in [5.41, 5.74) is 3.34. The summed E-state index contributed by atoms with van der Waals surface area (Å²) in [7, 11) is 5.78. The fourth-order valence-electron chi connectivity index (χ4n) is 2.57. The topological polar surface area (TPSA) is 47.3 Å². The van der Waals surface area contributed by atoms with E-state index >= 15 is 0 Å². The van der Waals surface area contributed by atoms with Crippen molar-refractivity contribution in [1.29, 1.82) is 5.26 Å². The van der Waals surface area contributed by atoms with Crippen LogP contribution in [0, 0.1) is 11.3 Å². The van der Waals surface area contributed by atoms with Crippen LogP contribution in [0.2, 0.25) is 0 Å². The molecule has 4 heteroatoms. The molecule has 0 N–H and O–H groups in total. The van der Waals surface area contributed by atoms with Gasteiger partial charge in [0.1, 0.15) is 0 Å². The molecule has 4 nitrogen and oxygen atoms in total. The highest BCUT2D eigenvalue weighted by molar-refractivity contribution is 5.95. The molecule has 0 aliphatic carbocycles. The predicted molar refractivity (Wildman–Crippen MR) is 74.8 cm³/mol. The number of anilines is 1. The average molecular weight is 257 g/mol. The summed E-state index contributed by atoms with van der Waals surface area (Å²) in [5, 5.41) is 8.93. The quantitative estimate of drug-likeness (QED) is 0.833. The number of carbonyl (C=O) groups is 1. The molecule has 1 amide bonds. The zero-order valence-corrected chi connectivity index (χ0v) is 11.7. The minimum atomic E-state index is 0.109. The number of aryl methyl sites for hydroxylation is 1. The number of nitrogens with zero attached hydrogens (tertiary/aromatic N) is 3. The lowest BCUT2D eigenvalue weighted by Gasteiger charge is -2.28. The van der Waals surface area contributed by atoms with Gasteiger partial charge in [0, 0.05) is 25.2 Å². The van der Waals surface area contributed by atoms with Gasteiger partial charge in [0.2, 0.25) is 5.91 Å². The number of nitriles is 1. The third-order valence-electron chi connectivity index (χ3n) is 3.74. The lowest BCUT2D eigenvalue weighted by atomic mass is 9.95. The van der Waals surface area contributed by atoms with Crippen molar-refractivity contribution in [2.24, 2.45) is 0 Å². The molecule has 0 spiro atoms. The molecule has 1 aromatic rings. The SMILES string of the molecule is CN1C(=O)CCc2cc(C(CC#N)N(C)C)ccc21. The summed E-state index contributed by atoms with van der Waals surface area (Å²) in [5.74, 6) is 0.168. The van der Waals surface area contributed by atoms with Gasteiger partial charge in [0.15, 0.2) is 0 Å². The van der Waals surface area contributed by atoms with Crippen LogP contribution in [-0.4, -0.2) is 32.0 Å². The molecule has 0 saturated carbocycles. The summed E-state index contributed by atoms with van der Waals surface area (Å²) in [4.78, 5) is 15.4. The minimum absolute atomic E-state index is 0.109. The van der Waals surface area contributed by atoms with Crippen molar-refractivity contribution in [2.45, 2.75) is 25.3 Å². The monoisotopic (exact) mass is 257 g/mol. The van der Waals surface area contributed by atoms with Crippen molar-refractivity contribution in [1.82, 2.24) is 4.90 Å². The van der Waals surface area contributed by atoms with E-state index in [1.807, 2.05) is 33.3 Å². The van der Waals surface area contributed by atoms with E-state index in [-0.39, 0.29) is 11.9 Å². The van der Waals surface area contributed by atoms with Crippen molar-refractivity contribution < 1.29 is 4.79 Å². The van der Waals surface area contributed by atoms with Gasteiger partial charge in [-0.05, 0) is 37.7 Å². The Morgan fingerprint density at radius 3 is 2.79 bits per heavy atom. The standard InChI is InChI=1S/C15H19N3O/c1-17(2)13(8-9-16)11-4-6-14-12(10-11)5-7-15(19)18(14)3/h4,6,10,13H,5,7-8H2,1-3H3. The molecule has 100 valence electrons. The Balaban J connectivity index is 2.36. The first-order valence-corrected chi connectivity index (χ1v) is 6.47. The third kappa shape index (κ3) is 2.61. The Bertz CT molecular complexity index is 531. The van der Waals surface area contributed by atoms with Crippen LogP contribution in [0.25, 0.3) is 0 Å². The van der Waals surface area contributed by atoms with E-state index in [0.29, 0.717) is 12.8 Å². The van der Waals surface area contributed by atoms with Crippen molar-refractivity contribution in [3.05, 3.63) is 29.3 Å². The van der Waals surface area contributed by atoms with Crippen LogP contribution in [0.5, 0.6) is 0 Å². The highest BCUT2D eigenvalue weighted by atomic mass is 16.2. The Hall–Kier alpha value is -1.86. The Kier molecular flexibility index (Phi) is 3.87. The molecule has 1 aliphatic heterocycles. The van der Waals surface area contributed by atoms with Gasteiger partial charge in [0.05, 0.1) is 12.5 Å². The molecule has 1 aliphatic rings. The van der Waals surface area contributed by atoms with Gasteiger partial charge in [-0.15, -0.1) is 0 Å². The van der Waals surface area contributed by atoms with E-state index in [2.05, 4.69) is 17.0 Å². The zero-order valence-electron chi connectivity index (χ0n) is 11.7. The van der Waals surface area contributed by atoms with Gasteiger partial charge >= 0.3 is 0 Å². The predicted octanol–water partition coefficient (Wildman–Crippen LogP) is 2.11. The molecule has 2 rings (SSSR count). The van der Waals surface area contributed by atoms with Gasteiger partial charge in [0.25, 0.3) is 0 Å². The van der Waals surface area contributed by atoms with E-state index in [1.165, 1.54) is 5.56 Å². The molecular formula is C15H19N3O. The molecule has 19 heavy (non-hydrogen) atoms. The van der Waals surface area contributed by atoms with E-state index in [4.69, 9.17) is 5.26 Å². The molecule has 0 radical (unpaired) electrons.